The van der Waals surface area contributed by atoms with E-state index in [-0.39, 0.29) is 5.60 Å². The van der Waals surface area contributed by atoms with Gasteiger partial charge < -0.3 is 10.1 Å². The van der Waals surface area contributed by atoms with Gasteiger partial charge in [-0.05, 0) is 56.9 Å². The smallest absolute Gasteiger partial charge is 0.0803 e. The van der Waals surface area contributed by atoms with Gasteiger partial charge in [0, 0.05) is 13.2 Å². The van der Waals surface area contributed by atoms with Crippen LogP contribution in [0.4, 0.5) is 0 Å². The van der Waals surface area contributed by atoms with Gasteiger partial charge in [-0.15, -0.1) is 0 Å². The maximum absolute atomic E-state index is 5.86. The monoisotopic (exact) mass is 239 g/mol. The van der Waals surface area contributed by atoms with Crippen molar-refractivity contribution in [2.45, 2.75) is 64.5 Å². The summed E-state index contributed by atoms with van der Waals surface area (Å²) in [4.78, 5) is 0. The average molecular weight is 239 g/mol. The van der Waals surface area contributed by atoms with Gasteiger partial charge in [0.05, 0.1) is 5.60 Å². The van der Waals surface area contributed by atoms with E-state index in [0.29, 0.717) is 6.04 Å². The van der Waals surface area contributed by atoms with Crippen LogP contribution in [0.5, 0.6) is 0 Å². The fourth-order valence-corrected chi connectivity index (χ4v) is 4.23. The summed E-state index contributed by atoms with van der Waals surface area (Å²) in [6, 6.07) is 0.540. The van der Waals surface area contributed by atoms with Crippen LogP contribution < -0.4 is 5.32 Å². The Balaban J connectivity index is 2.11. The van der Waals surface area contributed by atoms with E-state index < -0.39 is 0 Å². The predicted molar refractivity (Wildman–Crippen MR) is 72.1 cm³/mol. The minimum Gasteiger partial charge on any atom is -0.377 e. The van der Waals surface area contributed by atoms with Crippen LogP contribution in [0.15, 0.2) is 0 Å². The first kappa shape index (κ1) is 13.4. The van der Waals surface area contributed by atoms with E-state index in [1.54, 1.807) is 0 Å². The molecule has 2 aliphatic rings. The van der Waals surface area contributed by atoms with E-state index in [1.807, 2.05) is 7.11 Å². The van der Waals surface area contributed by atoms with Gasteiger partial charge in [-0.1, -0.05) is 20.3 Å². The Bertz CT molecular complexity index is 249. The van der Waals surface area contributed by atoms with Crippen LogP contribution in [0, 0.1) is 17.8 Å². The van der Waals surface area contributed by atoms with Crippen molar-refractivity contribution < 1.29 is 4.74 Å². The Labute approximate surface area is 107 Å². The maximum atomic E-state index is 5.86. The number of methoxy groups -OCH3 is 1. The zero-order valence-corrected chi connectivity index (χ0v) is 12.0. The summed E-state index contributed by atoms with van der Waals surface area (Å²) < 4.78 is 5.86. The molecule has 2 nitrogen and oxygen atoms in total. The van der Waals surface area contributed by atoms with Gasteiger partial charge in [-0.2, -0.15) is 0 Å². The zero-order chi connectivity index (χ0) is 12.5. The molecule has 17 heavy (non-hydrogen) atoms. The number of fused-ring (bicyclic) bond motifs is 2. The van der Waals surface area contributed by atoms with E-state index in [0.717, 1.165) is 30.7 Å². The molecule has 5 unspecified atom stereocenters. The van der Waals surface area contributed by atoms with Gasteiger partial charge in [0.1, 0.15) is 0 Å². The van der Waals surface area contributed by atoms with Gasteiger partial charge in [-0.3, -0.25) is 0 Å². The fraction of sp³-hybridized carbons (Fsp3) is 1.00. The van der Waals surface area contributed by atoms with E-state index in [9.17, 15) is 0 Å². The molecule has 2 heteroatoms. The molecule has 0 saturated heterocycles. The van der Waals surface area contributed by atoms with Crippen LogP contribution in [0.3, 0.4) is 0 Å². The molecule has 0 radical (unpaired) electrons. The lowest BCUT2D eigenvalue weighted by atomic mass is 9.75. The molecule has 0 spiro atoms. The summed E-state index contributed by atoms with van der Waals surface area (Å²) in [5.41, 5.74) is 0.00512. The first-order valence-electron chi connectivity index (χ1n) is 7.43. The van der Waals surface area contributed by atoms with Crippen molar-refractivity contribution in [3.8, 4) is 0 Å². The number of hydrogen-bond acceptors (Lipinski definition) is 2. The molecule has 2 saturated carbocycles. The number of rotatable bonds is 6. The van der Waals surface area contributed by atoms with Crippen LogP contribution in [-0.4, -0.2) is 25.3 Å². The summed E-state index contributed by atoms with van der Waals surface area (Å²) >= 11 is 0. The Morgan fingerprint density at radius 2 is 2.06 bits per heavy atom. The van der Waals surface area contributed by atoms with Crippen molar-refractivity contribution in [3.05, 3.63) is 0 Å². The molecule has 100 valence electrons. The minimum absolute atomic E-state index is 0.00512. The van der Waals surface area contributed by atoms with Crippen LogP contribution in [0.2, 0.25) is 0 Å². The van der Waals surface area contributed by atoms with Gasteiger partial charge in [0.15, 0.2) is 0 Å². The molecule has 0 heterocycles. The molecule has 1 N–H and O–H groups in total. The summed E-state index contributed by atoms with van der Waals surface area (Å²) in [6.45, 7) is 7.80. The lowest BCUT2D eigenvalue weighted by Crippen LogP contribution is -2.55. The van der Waals surface area contributed by atoms with Crippen molar-refractivity contribution >= 4 is 0 Å². The lowest BCUT2D eigenvalue weighted by Gasteiger charge is -2.42. The van der Waals surface area contributed by atoms with E-state index in [2.05, 4.69) is 26.1 Å². The molecule has 2 aliphatic carbocycles. The van der Waals surface area contributed by atoms with Crippen LogP contribution in [0.1, 0.15) is 52.9 Å². The molecule has 5 atom stereocenters. The standard InChI is InChI=1S/C15H29NO/c1-5-15(3,17-4)14(16-6-2)13-10-11-7-8-12(13)9-11/h11-14,16H,5-10H2,1-4H3. The van der Waals surface area contributed by atoms with Gasteiger partial charge >= 0.3 is 0 Å². The molecule has 2 fully saturated rings. The summed E-state index contributed by atoms with van der Waals surface area (Å²) in [5, 5.41) is 3.73. The third-order valence-electron chi connectivity index (χ3n) is 5.47. The Morgan fingerprint density at radius 3 is 2.47 bits per heavy atom. The van der Waals surface area contributed by atoms with Crippen LogP contribution in [-0.2, 0) is 4.74 Å². The highest BCUT2D eigenvalue weighted by Crippen LogP contribution is 2.51. The predicted octanol–water partition coefficient (Wildman–Crippen LogP) is 3.22. The SMILES string of the molecule is CCNC(C1CC2CCC1C2)C(C)(CC)OC. The van der Waals surface area contributed by atoms with Gasteiger partial charge in [0.2, 0.25) is 0 Å². The highest BCUT2D eigenvalue weighted by Gasteiger charge is 2.48. The van der Waals surface area contributed by atoms with Crippen molar-refractivity contribution in [1.29, 1.82) is 0 Å². The second kappa shape index (κ2) is 5.27. The highest BCUT2D eigenvalue weighted by atomic mass is 16.5. The normalized spacial score (nSPS) is 37.1. The molecular formula is C15H29NO. The van der Waals surface area contributed by atoms with E-state index >= 15 is 0 Å². The highest BCUT2D eigenvalue weighted by molar-refractivity contribution is 5.01. The first-order chi connectivity index (χ1) is 8.14. The Kier molecular flexibility index (Phi) is 4.14. The molecule has 0 aromatic heterocycles. The number of likely N-dealkylation sites (N-methyl/N-ethyl adjacent to an activating group) is 1. The first-order valence-corrected chi connectivity index (χ1v) is 7.43. The summed E-state index contributed by atoms with van der Waals surface area (Å²) in [6.07, 6.45) is 6.95. The molecule has 0 aromatic carbocycles. The van der Waals surface area contributed by atoms with Crippen molar-refractivity contribution in [2.75, 3.05) is 13.7 Å². The van der Waals surface area contributed by atoms with E-state index in [1.165, 1.54) is 25.7 Å². The second-order valence-corrected chi connectivity index (χ2v) is 6.24. The summed E-state index contributed by atoms with van der Waals surface area (Å²) in [5.74, 6) is 2.83. The maximum Gasteiger partial charge on any atom is 0.0803 e. The summed E-state index contributed by atoms with van der Waals surface area (Å²) in [7, 11) is 1.88. The van der Waals surface area contributed by atoms with E-state index in [4.69, 9.17) is 4.74 Å². The number of nitrogens with one attached hydrogen (secondary N) is 1. The number of ether oxygens (including phenoxy) is 1. The zero-order valence-electron chi connectivity index (χ0n) is 12.0. The second-order valence-electron chi connectivity index (χ2n) is 6.24. The van der Waals surface area contributed by atoms with Crippen molar-refractivity contribution in [1.82, 2.24) is 5.32 Å². The molecule has 2 bridgehead atoms. The lowest BCUT2D eigenvalue weighted by molar-refractivity contribution is -0.0523. The largest absolute Gasteiger partial charge is 0.377 e. The fourth-order valence-electron chi connectivity index (χ4n) is 4.23. The van der Waals surface area contributed by atoms with Crippen molar-refractivity contribution in [2.24, 2.45) is 17.8 Å². The molecule has 0 aromatic rings. The van der Waals surface area contributed by atoms with Gasteiger partial charge in [0.25, 0.3) is 0 Å². The third kappa shape index (κ3) is 2.39. The Hall–Kier alpha value is -0.0800. The molecular weight excluding hydrogens is 210 g/mol. The quantitative estimate of drug-likeness (QED) is 0.768. The topological polar surface area (TPSA) is 21.3 Å². The molecule has 2 rings (SSSR count). The molecule has 0 aliphatic heterocycles. The minimum atomic E-state index is 0.00512. The van der Waals surface area contributed by atoms with Crippen molar-refractivity contribution in [3.63, 3.8) is 0 Å². The average Bonchev–Trinajstić information content (AvgIpc) is 2.97. The van der Waals surface area contributed by atoms with Gasteiger partial charge in [-0.25, -0.2) is 0 Å². The third-order valence-corrected chi connectivity index (χ3v) is 5.47. The Morgan fingerprint density at radius 1 is 1.29 bits per heavy atom. The van der Waals surface area contributed by atoms with Crippen LogP contribution >= 0.6 is 0 Å². The molecule has 0 amide bonds. The van der Waals surface area contributed by atoms with Crippen LogP contribution in [0.25, 0.3) is 0 Å². The number of hydrogen-bond donors (Lipinski definition) is 1.